The molecule has 1 aromatic rings. The summed E-state index contributed by atoms with van der Waals surface area (Å²) < 4.78 is 0. The molecule has 2 atom stereocenters. The minimum absolute atomic E-state index is 0.00648. The van der Waals surface area contributed by atoms with Crippen molar-refractivity contribution in [2.24, 2.45) is 5.92 Å². The standard InChI is InChI=1S/C17H26N2O/c1-4-11-19(12-15-7-5-13(2)6-8-15)17(20)16-14(3)9-10-18-16/h5-8,14,16,18H,4,9-12H2,1-3H3. The maximum absolute atomic E-state index is 12.7. The number of benzene rings is 1. The van der Waals surface area contributed by atoms with E-state index in [9.17, 15) is 4.79 Å². The first kappa shape index (κ1) is 15.0. The minimum Gasteiger partial charge on any atom is -0.337 e. The van der Waals surface area contributed by atoms with Crippen LogP contribution in [0, 0.1) is 12.8 Å². The van der Waals surface area contributed by atoms with E-state index >= 15 is 0 Å². The summed E-state index contributed by atoms with van der Waals surface area (Å²) in [6, 6.07) is 8.47. The zero-order valence-electron chi connectivity index (χ0n) is 12.9. The Hall–Kier alpha value is -1.35. The monoisotopic (exact) mass is 274 g/mol. The minimum atomic E-state index is 0.00648. The van der Waals surface area contributed by atoms with Crippen LogP contribution in [0.3, 0.4) is 0 Å². The first-order chi connectivity index (χ1) is 9.61. The summed E-state index contributed by atoms with van der Waals surface area (Å²) >= 11 is 0. The average molecular weight is 274 g/mol. The Morgan fingerprint density at radius 2 is 2.05 bits per heavy atom. The summed E-state index contributed by atoms with van der Waals surface area (Å²) in [5.41, 5.74) is 2.47. The second-order valence-corrected chi connectivity index (χ2v) is 5.94. The molecule has 20 heavy (non-hydrogen) atoms. The Kier molecular flexibility index (Phi) is 5.18. The molecular formula is C17H26N2O. The van der Waals surface area contributed by atoms with Gasteiger partial charge in [-0.2, -0.15) is 0 Å². The Morgan fingerprint density at radius 1 is 1.35 bits per heavy atom. The van der Waals surface area contributed by atoms with Crippen molar-refractivity contribution >= 4 is 5.91 Å². The third kappa shape index (κ3) is 3.60. The Labute approximate surface area is 122 Å². The summed E-state index contributed by atoms with van der Waals surface area (Å²) in [4.78, 5) is 14.7. The number of nitrogens with zero attached hydrogens (tertiary/aromatic N) is 1. The summed E-state index contributed by atoms with van der Waals surface area (Å²) in [7, 11) is 0. The number of hydrogen-bond donors (Lipinski definition) is 1. The molecule has 0 radical (unpaired) electrons. The second kappa shape index (κ2) is 6.89. The quantitative estimate of drug-likeness (QED) is 0.895. The summed E-state index contributed by atoms with van der Waals surface area (Å²) in [5, 5.41) is 3.35. The molecule has 1 heterocycles. The van der Waals surface area contributed by atoms with Crippen molar-refractivity contribution in [2.75, 3.05) is 13.1 Å². The number of carbonyl (C=O) groups is 1. The van der Waals surface area contributed by atoms with Gasteiger partial charge in [-0.3, -0.25) is 4.79 Å². The fraction of sp³-hybridized carbons (Fsp3) is 0.588. The smallest absolute Gasteiger partial charge is 0.240 e. The van der Waals surface area contributed by atoms with Gasteiger partial charge in [-0.25, -0.2) is 0 Å². The topological polar surface area (TPSA) is 32.3 Å². The van der Waals surface area contributed by atoms with Crippen LogP contribution < -0.4 is 5.32 Å². The summed E-state index contributed by atoms with van der Waals surface area (Å²) in [5.74, 6) is 0.706. The molecule has 3 nitrogen and oxygen atoms in total. The van der Waals surface area contributed by atoms with E-state index in [-0.39, 0.29) is 11.9 Å². The van der Waals surface area contributed by atoms with Crippen LogP contribution in [-0.2, 0) is 11.3 Å². The number of rotatable bonds is 5. The summed E-state index contributed by atoms with van der Waals surface area (Å²) in [6.07, 6.45) is 2.10. The van der Waals surface area contributed by atoms with Gasteiger partial charge in [-0.05, 0) is 37.8 Å². The fourth-order valence-electron chi connectivity index (χ4n) is 2.81. The Morgan fingerprint density at radius 3 is 2.60 bits per heavy atom. The van der Waals surface area contributed by atoms with E-state index in [2.05, 4.69) is 50.4 Å². The van der Waals surface area contributed by atoms with Crippen LogP contribution in [0.15, 0.2) is 24.3 Å². The van der Waals surface area contributed by atoms with Gasteiger partial charge < -0.3 is 10.2 Å². The van der Waals surface area contributed by atoms with E-state index in [4.69, 9.17) is 0 Å². The third-order valence-electron chi connectivity index (χ3n) is 4.10. The average Bonchev–Trinajstić information content (AvgIpc) is 2.86. The lowest BCUT2D eigenvalue weighted by Crippen LogP contribution is -2.45. The van der Waals surface area contributed by atoms with E-state index < -0.39 is 0 Å². The Bertz CT molecular complexity index is 441. The zero-order valence-corrected chi connectivity index (χ0v) is 12.9. The van der Waals surface area contributed by atoms with Crippen molar-refractivity contribution in [3.05, 3.63) is 35.4 Å². The predicted octanol–water partition coefficient (Wildman–Crippen LogP) is 2.73. The highest BCUT2D eigenvalue weighted by Crippen LogP contribution is 2.18. The lowest BCUT2D eigenvalue weighted by atomic mass is 10.0. The van der Waals surface area contributed by atoms with Gasteiger partial charge in [0.1, 0.15) is 0 Å². The molecule has 1 N–H and O–H groups in total. The zero-order chi connectivity index (χ0) is 14.5. The third-order valence-corrected chi connectivity index (χ3v) is 4.10. The highest BCUT2D eigenvalue weighted by Gasteiger charge is 2.32. The fourth-order valence-corrected chi connectivity index (χ4v) is 2.81. The van der Waals surface area contributed by atoms with Crippen molar-refractivity contribution in [3.8, 4) is 0 Å². The molecule has 2 unspecified atom stereocenters. The number of carbonyl (C=O) groups excluding carboxylic acids is 1. The number of hydrogen-bond acceptors (Lipinski definition) is 2. The molecular weight excluding hydrogens is 248 g/mol. The van der Waals surface area contributed by atoms with Crippen molar-refractivity contribution in [3.63, 3.8) is 0 Å². The molecule has 110 valence electrons. The molecule has 1 aliphatic heterocycles. The molecule has 2 rings (SSSR count). The molecule has 1 amide bonds. The van der Waals surface area contributed by atoms with E-state index in [0.717, 1.165) is 32.5 Å². The van der Waals surface area contributed by atoms with Gasteiger partial charge in [0.15, 0.2) is 0 Å². The highest BCUT2D eigenvalue weighted by atomic mass is 16.2. The van der Waals surface area contributed by atoms with Crippen LogP contribution in [0.2, 0.25) is 0 Å². The van der Waals surface area contributed by atoms with Gasteiger partial charge in [0.25, 0.3) is 0 Å². The Balaban J connectivity index is 2.06. The van der Waals surface area contributed by atoms with Gasteiger partial charge in [0.2, 0.25) is 5.91 Å². The maximum Gasteiger partial charge on any atom is 0.240 e. The SMILES string of the molecule is CCCN(Cc1ccc(C)cc1)C(=O)C1NCCC1C. The van der Waals surface area contributed by atoms with Crippen molar-refractivity contribution in [2.45, 2.75) is 46.2 Å². The summed E-state index contributed by atoms with van der Waals surface area (Å²) in [6.45, 7) is 8.89. The van der Waals surface area contributed by atoms with Crippen LogP contribution >= 0.6 is 0 Å². The van der Waals surface area contributed by atoms with Crippen LogP contribution in [0.1, 0.15) is 37.8 Å². The lowest BCUT2D eigenvalue weighted by molar-refractivity contribution is -0.134. The van der Waals surface area contributed by atoms with Gasteiger partial charge >= 0.3 is 0 Å². The number of aryl methyl sites for hydroxylation is 1. The highest BCUT2D eigenvalue weighted by molar-refractivity contribution is 5.82. The molecule has 1 aliphatic rings. The van der Waals surface area contributed by atoms with Crippen LogP contribution in [0.4, 0.5) is 0 Å². The van der Waals surface area contributed by atoms with E-state index in [0.29, 0.717) is 5.92 Å². The lowest BCUT2D eigenvalue weighted by Gasteiger charge is -2.27. The predicted molar refractivity (Wildman–Crippen MR) is 82.5 cm³/mol. The van der Waals surface area contributed by atoms with Crippen molar-refractivity contribution in [1.82, 2.24) is 10.2 Å². The molecule has 0 aliphatic carbocycles. The van der Waals surface area contributed by atoms with Crippen LogP contribution in [-0.4, -0.2) is 29.9 Å². The molecule has 0 saturated carbocycles. The van der Waals surface area contributed by atoms with E-state index in [1.807, 2.05) is 4.90 Å². The van der Waals surface area contributed by atoms with E-state index in [1.54, 1.807) is 0 Å². The second-order valence-electron chi connectivity index (χ2n) is 5.94. The molecule has 0 bridgehead atoms. The van der Waals surface area contributed by atoms with Crippen LogP contribution in [0.25, 0.3) is 0 Å². The van der Waals surface area contributed by atoms with Gasteiger partial charge in [-0.15, -0.1) is 0 Å². The first-order valence-electron chi connectivity index (χ1n) is 7.69. The normalized spacial score (nSPS) is 21.9. The molecule has 0 spiro atoms. The molecule has 3 heteroatoms. The van der Waals surface area contributed by atoms with Gasteiger partial charge in [-0.1, -0.05) is 43.7 Å². The number of amides is 1. The van der Waals surface area contributed by atoms with Crippen LogP contribution in [0.5, 0.6) is 0 Å². The molecule has 1 fully saturated rings. The largest absolute Gasteiger partial charge is 0.337 e. The van der Waals surface area contributed by atoms with Crippen molar-refractivity contribution in [1.29, 1.82) is 0 Å². The number of nitrogens with one attached hydrogen (secondary N) is 1. The molecule has 1 saturated heterocycles. The van der Waals surface area contributed by atoms with E-state index in [1.165, 1.54) is 11.1 Å². The molecule has 1 aromatic carbocycles. The van der Waals surface area contributed by atoms with Crippen molar-refractivity contribution < 1.29 is 4.79 Å². The first-order valence-corrected chi connectivity index (χ1v) is 7.69. The molecule has 0 aromatic heterocycles. The van der Waals surface area contributed by atoms with Gasteiger partial charge in [0, 0.05) is 13.1 Å². The van der Waals surface area contributed by atoms with Gasteiger partial charge in [0.05, 0.1) is 6.04 Å². The maximum atomic E-state index is 12.7.